The second-order valence-electron chi connectivity index (χ2n) is 4.87. The first-order valence-electron chi connectivity index (χ1n) is 5.76. The van der Waals surface area contributed by atoms with Gasteiger partial charge in [0.1, 0.15) is 0 Å². The molecule has 0 unspecified atom stereocenters. The first-order chi connectivity index (χ1) is 6.25. The highest BCUT2D eigenvalue weighted by Gasteiger charge is 2.27. The Hall–Kier alpha value is -0.0800. The molecule has 1 saturated heterocycles. The molecule has 2 fully saturated rings. The van der Waals surface area contributed by atoms with E-state index in [9.17, 15) is 0 Å². The van der Waals surface area contributed by atoms with Crippen molar-refractivity contribution in [1.29, 1.82) is 0 Å². The summed E-state index contributed by atoms with van der Waals surface area (Å²) in [6.45, 7) is 7.16. The molecule has 0 aromatic rings. The molecule has 1 aliphatic heterocycles. The van der Waals surface area contributed by atoms with Crippen molar-refractivity contribution in [1.82, 2.24) is 10.2 Å². The Morgan fingerprint density at radius 1 is 1.15 bits per heavy atom. The maximum Gasteiger partial charge on any atom is 0.0209 e. The van der Waals surface area contributed by atoms with Crippen molar-refractivity contribution >= 4 is 0 Å². The molecular weight excluding hydrogens is 160 g/mol. The highest BCUT2D eigenvalue weighted by atomic mass is 15.2. The Morgan fingerprint density at radius 2 is 1.92 bits per heavy atom. The van der Waals surface area contributed by atoms with Crippen molar-refractivity contribution in [3.63, 3.8) is 0 Å². The highest BCUT2D eigenvalue weighted by Crippen LogP contribution is 2.21. The van der Waals surface area contributed by atoms with E-state index in [1.165, 1.54) is 38.8 Å². The van der Waals surface area contributed by atoms with Crippen LogP contribution in [0.5, 0.6) is 0 Å². The first kappa shape index (κ1) is 9.47. The normalized spacial score (nSPS) is 31.2. The average Bonchev–Trinajstić information content (AvgIpc) is 2.44. The fourth-order valence-corrected chi connectivity index (χ4v) is 2.30. The molecule has 0 aromatic carbocycles. The molecule has 2 rings (SSSR count). The summed E-state index contributed by atoms with van der Waals surface area (Å²) in [5.41, 5.74) is 0. The summed E-state index contributed by atoms with van der Waals surface area (Å²) in [7, 11) is 0. The van der Waals surface area contributed by atoms with Gasteiger partial charge in [-0.1, -0.05) is 6.42 Å². The number of hydrogen-bond acceptors (Lipinski definition) is 2. The maximum atomic E-state index is 3.76. The van der Waals surface area contributed by atoms with Gasteiger partial charge in [-0.3, -0.25) is 4.90 Å². The van der Waals surface area contributed by atoms with Crippen molar-refractivity contribution < 1.29 is 0 Å². The minimum absolute atomic E-state index is 0.730. The smallest absolute Gasteiger partial charge is 0.0209 e. The van der Waals surface area contributed by atoms with Crippen LogP contribution in [0.25, 0.3) is 0 Å². The van der Waals surface area contributed by atoms with Gasteiger partial charge in [-0.2, -0.15) is 0 Å². The summed E-state index contributed by atoms with van der Waals surface area (Å²) in [6, 6.07) is 2.37. The van der Waals surface area contributed by atoms with E-state index in [0.717, 1.165) is 18.1 Å². The number of likely N-dealkylation sites (tertiary alicyclic amines) is 1. The molecule has 1 saturated carbocycles. The quantitative estimate of drug-likeness (QED) is 0.713. The van der Waals surface area contributed by atoms with E-state index in [2.05, 4.69) is 24.1 Å². The van der Waals surface area contributed by atoms with E-state index in [4.69, 9.17) is 0 Å². The van der Waals surface area contributed by atoms with Gasteiger partial charge in [-0.15, -0.1) is 0 Å². The van der Waals surface area contributed by atoms with Crippen LogP contribution in [-0.4, -0.2) is 36.1 Å². The molecule has 1 atom stereocenters. The van der Waals surface area contributed by atoms with Crippen molar-refractivity contribution in [2.24, 2.45) is 0 Å². The summed E-state index contributed by atoms with van der Waals surface area (Å²) >= 11 is 0. The fourth-order valence-electron chi connectivity index (χ4n) is 2.30. The Morgan fingerprint density at radius 3 is 2.38 bits per heavy atom. The SMILES string of the molecule is CC(C)N1CC[C@@H](NC2CCC2)C1. The molecular formula is C11H22N2. The molecule has 0 aromatic heterocycles. The van der Waals surface area contributed by atoms with Crippen LogP contribution in [0.2, 0.25) is 0 Å². The summed E-state index contributed by atoms with van der Waals surface area (Å²) in [4.78, 5) is 2.58. The highest BCUT2D eigenvalue weighted by molar-refractivity contribution is 4.87. The van der Waals surface area contributed by atoms with Crippen LogP contribution in [0, 0.1) is 0 Å². The third-order valence-electron chi connectivity index (χ3n) is 3.53. The summed E-state index contributed by atoms with van der Waals surface area (Å²) in [6.07, 6.45) is 5.63. The molecule has 76 valence electrons. The molecule has 2 heteroatoms. The zero-order valence-electron chi connectivity index (χ0n) is 8.92. The Bertz CT molecular complexity index is 163. The molecule has 1 heterocycles. The number of rotatable bonds is 3. The lowest BCUT2D eigenvalue weighted by Crippen LogP contribution is -2.44. The van der Waals surface area contributed by atoms with Gasteiger partial charge in [-0.05, 0) is 39.7 Å². The lowest BCUT2D eigenvalue weighted by atomic mass is 9.92. The van der Waals surface area contributed by atoms with Gasteiger partial charge in [0.15, 0.2) is 0 Å². The lowest BCUT2D eigenvalue weighted by Gasteiger charge is -2.30. The number of hydrogen-bond donors (Lipinski definition) is 1. The van der Waals surface area contributed by atoms with E-state index in [1.54, 1.807) is 0 Å². The Balaban J connectivity index is 1.71. The minimum Gasteiger partial charge on any atom is -0.310 e. The van der Waals surface area contributed by atoms with E-state index >= 15 is 0 Å². The Labute approximate surface area is 81.7 Å². The van der Waals surface area contributed by atoms with Gasteiger partial charge in [0.2, 0.25) is 0 Å². The van der Waals surface area contributed by atoms with Crippen molar-refractivity contribution in [2.75, 3.05) is 13.1 Å². The summed E-state index contributed by atoms with van der Waals surface area (Å²) in [5.74, 6) is 0. The second kappa shape index (κ2) is 3.97. The molecule has 0 bridgehead atoms. The molecule has 0 spiro atoms. The van der Waals surface area contributed by atoms with Gasteiger partial charge >= 0.3 is 0 Å². The van der Waals surface area contributed by atoms with Crippen LogP contribution in [0.15, 0.2) is 0 Å². The molecule has 1 N–H and O–H groups in total. The van der Waals surface area contributed by atoms with Crippen LogP contribution >= 0.6 is 0 Å². The zero-order chi connectivity index (χ0) is 9.26. The van der Waals surface area contributed by atoms with Gasteiger partial charge in [0, 0.05) is 24.7 Å². The predicted molar refractivity (Wildman–Crippen MR) is 55.9 cm³/mol. The topological polar surface area (TPSA) is 15.3 Å². The molecule has 0 radical (unpaired) electrons. The van der Waals surface area contributed by atoms with Crippen molar-refractivity contribution in [2.45, 2.75) is 57.7 Å². The summed E-state index contributed by atoms with van der Waals surface area (Å²) < 4.78 is 0. The lowest BCUT2D eigenvalue weighted by molar-refractivity contribution is 0.253. The Kier molecular flexibility index (Phi) is 2.89. The monoisotopic (exact) mass is 182 g/mol. The molecule has 2 nitrogen and oxygen atoms in total. The van der Waals surface area contributed by atoms with E-state index < -0.39 is 0 Å². The molecule has 13 heavy (non-hydrogen) atoms. The van der Waals surface area contributed by atoms with Crippen LogP contribution in [-0.2, 0) is 0 Å². The fraction of sp³-hybridized carbons (Fsp3) is 1.00. The first-order valence-corrected chi connectivity index (χ1v) is 5.76. The van der Waals surface area contributed by atoms with Gasteiger partial charge in [-0.25, -0.2) is 0 Å². The third-order valence-corrected chi connectivity index (χ3v) is 3.53. The van der Waals surface area contributed by atoms with Gasteiger partial charge in [0.25, 0.3) is 0 Å². The van der Waals surface area contributed by atoms with Crippen LogP contribution in [0.3, 0.4) is 0 Å². The standard InChI is InChI=1S/C11H22N2/c1-9(2)13-7-6-11(8-13)12-10-4-3-5-10/h9-12H,3-8H2,1-2H3/t11-/m1/s1. The van der Waals surface area contributed by atoms with E-state index in [1.807, 2.05) is 0 Å². The largest absolute Gasteiger partial charge is 0.310 e. The predicted octanol–water partition coefficient (Wildman–Crippen LogP) is 1.61. The van der Waals surface area contributed by atoms with Crippen LogP contribution in [0.4, 0.5) is 0 Å². The van der Waals surface area contributed by atoms with E-state index in [0.29, 0.717) is 0 Å². The van der Waals surface area contributed by atoms with Crippen molar-refractivity contribution in [3.05, 3.63) is 0 Å². The maximum absolute atomic E-state index is 3.76. The number of nitrogens with zero attached hydrogens (tertiary/aromatic N) is 1. The van der Waals surface area contributed by atoms with Crippen LogP contribution in [0.1, 0.15) is 39.5 Å². The zero-order valence-corrected chi connectivity index (χ0v) is 8.92. The number of nitrogens with one attached hydrogen (secondary N) is 1. The molecule has 2 aliphatic rings. The van der Waals surface area contributed by atoms with Crippen molar-refractivity contribution in [3.8, 4) is 0 Å². The minimum atomic E-state index is 0.730. The summed E-state index contributed by atoms with van der Waals surface area (Å²) in [5, 5.41) is 3.76. The molecule has 1 aliphatic carbocycles. The van der Waals surface area contributed by atoms with Gasteiger partial charge < -0.3 is 5.32 Å². The third kappa shape index (κ3) is 2.23. The van der Waals surface area contributed by atoms with Gasteiger partial charge in [0.05, 0.1) is 0 Å². The molecule has 0 amide bonds. The second-order valence-corrected chi connectivity index (χ2v) is 4.87. The van der Waals surface area contributed by atoms with Crippen LogP contribution < -0.4 is 5.32 Å². The average molecular weight is 182 g/mol. The van der Waals surface area contributed by atoms with E-state index in [-0.39, 0.29) is 0 Å².